The number of hydrogen-bond donors (Lipinski definition) is 1. The van der Waals surface area contributed by atoms with Gasteiger partial charge >= 0.3 is 0 Å². The summed E-state index contributed by atoms with van der Waals surface area (Å²) in [6, 6.07) is 5.73. The Morgan fingerprint density at radius 2 is 2.08 bits per heavy atom. The third-order valence-corrected chi connectivity index (χ3v) is 2.75. The highest BCUT2D eigenvalue weighted by molar-refractivity contribution is 9.10. The molecule has 1 aliphatic heterocycles. The highest BCUT2D eigenvalue weighted by Crippen LogP contribution is 2.22. The number of halogens is 2. The molecule has 0 bridgehead atoms. The fraction of sp³-hybridized carbons (Fsp3) is 0.222. The van der Waals surface area contributed by atoms with Gasteiger partial charge in [0.2, 0.25) is 0 Å². The third kappa shape index (κ3) is 1.93. The molecular weight excluding hydrogens is 253 g/mol. The molecule has 0 aliphatic carbocycles. The molecule has 0 spiro atoms. The van der Waals surface area contributed by atoms with Crippen molar-refractivity contribution in [2.45, 2.75) is 6.54 Å². The van der Waals surface area contributed by atoms with Gasteiger partial charge < -0.3 is 5.32 Å². The van der Waals surface area contributed by atoms with E-state index in [-0.39, 0.29) is 18.2 Å². The van der Waals surface area contributed by atoms with Crippen LogP contribution in [0.5, 0.6) is 0 Å². The van der Waals surface area contributed by atoms with E-state index in [2.05, 4.69) is 21.2 Å². The molecule has 1 heterocycles. The Morgan fingerprint density at radius 3 is 2.77 bits per heavy atom. The van der Waals surface area contributed by atoms with Crippen LogP contribution in [0.15, 0.2) is 22.7 Å². The smallest absolute Gasteiger partial charge is 0.176 e. The van der Waals surface area contributed by atoms with Crippen LogP contribution in [0.1, 0.15) is 15.9 Å². The predicted octanol–water partition coefficient (Wildman–Crippen LogP) is 2.16. The quantitative estimate of drug-likeness (QED) is 0.776. The maximum Gasteiger partial charge on any atom is 0.176 e. The summed E-state index contributed by atoms with van der Waals surface area (Å²) >= 11 is 3.42. The Bertz CT molecular complexity index is 340. The number of rotatable bonds is 0. The Hall–Kier alpha value is -0.380. The van der Waals surface area contributed by atoms with E-state index >= 15 is 0 Å². The standard InChI is InChI=1S/C9H8BrNO.ClH/c10-8-3-1-2-6-7(8)4-11-5-9(6)12;/h1-3,11H,4-5H2;1H. The van der Waals surface area contributed by atoms with Gasteiger partial charge in [-0.1, -0.05) is 28.1 Å². The monoisotopic (exact) mass is 261 g/mol. The predicted molar refractivity (Wildman–Crippen MR) is 57.4 cm³/mol. The van der Waals surface area contributed by atoms with E-state index in [1.807, 2.05) is 18.2 Å². The molecule has 0 saturated carbocycles. The number of Topliss-reactive ketones (excluding diaryl/α,β-unsaturated/α-hetero) is 1. The van der Waals surface area contributed by atoms with Gasteiger partial charge in [-0.25, -0.2) is 0 Å². The van der Waals surface area contributed by atoms with Crippen LogP contribution < -0.4 is 5.32 Å². The molecule has 13 heavy (non-hydrogen) atoms. The summed E-state index contributed by atoms with van der Waals surface area (Å²) in [7, 11) is 0. The Labute approximate surface area is 91.3 Å². The number of carbonyl (C=O) groups is 1. The SMILES string of the molecule is Cl.O=C1CNCc2c(Br)cccc21. The molecule has 0 aromatic heterocycles. The normalized spacial score (nSPS) is 14.7. The van der Waals surface area contributed by atoms with Crippen molar-refractivity contribution < 1.29 is 4.79 Å². The summed E-state index contributed by atoms with van der Waals surface area (Å²) in [6.45, 7) is 1.24. The van der Waals surface area contributed by atoms with E-state index in [9.17, 15) is 4.79 Å². The summed E-state index contributed by atoms with van der Waals surface area (Å²) in [5.74, 6) is 0.178. The molecule has 0 atom stereocenters. The molecule has 0 unspecified atom stereocenters. The largest absolute Gasteiger partial charge is 0.306 e. The second-order valence-electron chi connectivity index (χ2n) is 2.79. The first kappa shape index (κ1) is 10.7. The molecule has 1 N–H and O–H groups in total. The molecule has 2 nitrogen and oxygen atoms in total. The van der Waals surface area contributed by atoms with Crippen molar-refractivity contribution in [3.05, 3.63) is 33.8 Å². The van der Waals surface area contributed by atoms with Crippen LogP contribution in [0.25, 0.3) is 0 Å². The minimum Gasteiger partial charge on any atom is -0.306 e. The summed E-state index contributed by atoms with van der Waals surface area (Å²) in [4.78, 5) is 11.4. The van der Waals surface area contributed by atoms with Gasteiger partial charge in [0.25, 0.3) is 0 Å². The second kappa shape index (κ2) is 4.22. The number of carbonyl (C=O) groups excluding carboxylic acids is 1. The van der Waals surface area contributed by atoms with Crippen molar-refractivity contribution in [3.63, 3.8) is 0 Å². The number of ketones is 1. The van der Waals surface area contributed by atoms with Crippen LogP contribution in [0, 0.1) is 0 Å². The number of fused-ring (bicyclic) bond motifs is 1. The summed E-state index contributed by atoms with van der Waals surface area (Å²) in [5.41, 5.74) is 1.93. The molecule has 70 valence electrons. The average molecular weight is 263 g/mol. The summed E-state index contributed by atoms with van der Waals surface area (Å²) < 4.78 is 1.01. The topological polar surface area (TPSA) is 29.1 Å². The average Bonchev–Trinajstić information content (AvgIpc) is 2.07. The van der Waals surface area contributed by atoms with Crippen molar-refractivity contribution in [1.29, 1.82) is 0 Å². The van der Waals surface area contributed by atoms with E-state index in [0.717, 1.165) is 22.1 Å². The third-order valence-electron chi connectivity index (χ3n) is 2.01. The van der Waals surface area contributed by atoms with Crippen LogP contribution in [0.4, 0.5) is 0 Å². The van der Waals surface area contributed by atoms with Gasteiger partial charge in [-0.15, -0.1) is 12.4 Å². The van der Waals surface area contributed by atoms with Gasteiger partial charge in [-0.05, 0) is 11.6 Å². The molecule has 0 amide bonds. The Morgan fingerprint density at radius 1 is 1.31 bits per heavy atom. The molecule has 1 aromatic carbocycles. The summed E-state index contributed by atoms with van der Waals surface area (Å²) in [5, 5.41) is 3.05. The first-order valence-electron chi connectivity index (χ1n) is 3.80. The molecule has 4 heteroatoms. The zero-order valence-electron chi connectivity index (χ0n) is 6.84. The maximum absolute atomic E-state index is 11.4. The fourth-order valence-electron chi connectivity index (χ4n) is 1.40. The molecule has 1 aliphatic rings. The van der Waals surface area contributed by atoms with Gasteiger partial charge in [0, 0.05) is 16.6 Å². The van der Waals surface area contributed by atoms with Crippen LogP contribution in [0.2, 0.25) is 0 Å². The van der Waals surface area contributed by atoms with Gasteiger partial charge in [0.1, 0.15) is 0 Å². The first-order chi connectivity index (χ1) is 5.79. The zero-order chi connectivity index (χ0) is 8.55. The molecule has 0 radical (unpaired) electrons. The van der Waals surface area contributed by atoms with E-state index in [0.29, 0.717) is 6.54 Å². The molecular formula is C9H9BrClNO. The van der Waals surface area contributed by atoms with Crippen LogP contribution in [-0.4, -0.2) is 12.3 Å². The van der Waals surface area contributed by atoms with Crippen molar-refractivity contribution in [1.82, 2.24) is 5.32 Å². The van der Waals surface area contributed by atoms with Crippen molar-refractivity contribution in [2.24, 2.45) is 0 Å². The van der Waals surface area contributed by atoms with Gasteiger partial charge in [0.15, 0.2) is 5.78 Å². The van der Waals surface area contributed by atoms with Crippen molar-refractivity contribution in [3.8, 4) is 0 Å². The molecule has 0 fully saturated rings. The molecule has 0 saturated heterocycles. The van der Waals surface area contributed by atoms with Crippen LogP contribution in [0.3, 0.4) is 0 Å². The molecule has 1 aromatic rings. The fourth-order valence-corrected chi connectivity index (χ4v) is 1.90. The molecule has 2 rings (SSSR count). The highest BCUT2D eigenvalue weighted by atomic mass is 79.9. The van der Waals surface area contributed by atoms with Crippen LogP contribution in [-0.2, 0) is 6.54 Å². The van der Waals surface area contributed by atoms with Gasteiger partial charge in [0.05, 0.1) is 6.54 Å². The lowest BCUT2D eigenvalue weighted by atomic mass is 10.0. The minimum atomic E-state index is 0. The lowest BCUT2D eigenvalue weighted by molar-refractivity contribution is 0.0982. The van der Waals surface area contributed by atoms with Gasteiger partial charge in [-0.2, -0.15) is 0 Å². The number of nitrogens with one attached hydrogen (secondary N) is 1. The number of benzene rings is 1. The maximum atomic E-state index is 11.4. The van der Waals surface area contributed by atoms with E-state index in [1.54, 1.807) is 0 Å². The van der Waals surface area contributed by atoms with Crippen LogP contribution >= 0.6 is 28.3 Å². The highest BCUT2D eigenvalue weighted by Gasteiger charge is 2.17. The second-order valence-corrected chi connectivity index (χ2v) is 3.65. The lowest BCUT2D eigenvalue weighted by Crippen LogP contribution is -2.29. The van der Waals surface area contributed by atoms with Crippen molar-refractivity contribution >= 4 is 34.1 Å². The van der Waals surface area contributed by atoms with Crippen molar-refractivity contribution in [2.75, 3.05) is 6.54 Å². The minimum absolute atomic E-state index is 0. The Kier molecular flexibility index (Phi) is 3.47. The lowest BCUT2D eigenvalue weighted by Gasteiger charge is -2.16. The van der Waals surface area contributed by atoms with E-state index in [1.165, 1.54) is 0 Å². The van der Waals surface area contributed by atoms with E-state index < -0.39 is 0 Å². The van der Waals surface area contributed by atoms with E-state index in [4.69, 9.17) is 0 Å². The number of hydrogen-bond acceptors (Lipinski definition) is 2. The van der Waals surface area contributed by atoms with Gasteiger partial charge in [-0.3, -0.25) is 4.79 Å². The summed E-state index contributed by atoms with van der Waals surface area (Å²) in [6.07, 6.45) is 0. The zero-order valence-corrected chi connectivity index (χ0v) is 9.24. The Balaban J connectivity index is 0.000000845. The first-order valence-corrected chi connectivity index (χ1v) is 4.59.